The predicted octanol–water partition coefficient (Wildman–Crippen LogP) is 0.456. The SMILES string of the molecule is CC(C)CNCC(O)CN1CC2CCC(C1)O2. The summed E-state index contributed by atoms with van der Waals surface area (Å²) in [4.78, 5) is 2.35. The van der Waals surface area contributed by atoms with E-state index in [-0.39, 0.29) is 6.10 Å². The highest BCUT2D eigenvalue weighted by Crippen LogP contribution is 2.26. The Morgan fingerprint density at radius 1 is 1.24 bits per heavy atom. The van der Waals surface area contributed by atoms with Gasteiger partial charge < -0.3 is 15.2 Å². The van der Waals surface area contributed by atoms with Gasteiger partial charge in [0.25, 0.3) is 0 Å². The van der Waals surface area contributed by atoms with Crippen molar-refractivity contribution in [1.82, 2.24) is 10.2 Å². The van der Waals surface area contributed by atoms with Gasteiger partial charge >= 0.3 is 0 Å². The first-order valence-electron chi connectivity index (χ1n) is 6.90. The summed E-state index contributed by atoms with van der Waals surface area (Å²) < 4.78 is 5.78. The number of aliphatic hydroxyl groups is 1. The molecule has 0 aliphatic carbocycles. The first kappa shape index (κ1) is 13.3. The van der Waals surface area contributed by atoms with E-state index in [2.05, 4.69) is 24.1 Å². The van der Waals surface area contributed by atoms with Crippen LogP contribution in [0.2, 0.25) is 0 Å². The van der Waals surface area contributed by atoms with Crippen molar-refractivity contribution < 1.29 is 9.84 Å². The smallest absolute Gasteiger partial charge is 0.0791 e. The summed E-state index contributed by atoms with van der Waals surface area (Å²) in [5.74, 6) is 0.640. The van der Waals surface area contributed by atoms with Gasteiger partial charge in [0.1, 0.15) is 0 Å². The van der Waals surface area contributed by atoms with Crippen molar-refractivity contribution in [2.45, 2.75) is 45.0 Å². The van der Waals surface area contributed by atoms with Crippen LogP contribution in [0.25, 0.3) is 0 Å². The lowest BCUT2D eigenvalue weighted by atomic mass is 10.2. The molecule has 0 aromatic rings. The van der Waals surface area contributed by atoms with Crippen LogP contribution in [0.5, 0.6) is 0 Å². The lowest BCUT2D eigenvalue weighted by molar-refractivity contribution is -0.0491. The summed E-state index contributed by atoms with van der Waals surface area (Å²) in [7, 11) is 0. The van der Waals surface area contributed by atoms with Gasteiger partial charge in [-0.3, -0.25) is 4.90 Å². The van der Waals surface area contributed by atoms with Crippen LogP contribution in [0.3, 0.4) is 0 Å². The van der Waals surface area contributed by atoms with Gasteiger partial charge in [0, 0.05) is 26.2 Å². The van der Waals surface area contributed by atoms with Gasteiger partial charge in [-0.25, -0.2) is 0 Å². The molecular weight excluding hydrogens is 216 g/mol. The van der Waals surface area contributed by atoms with Crippen LogP contribution in [0, 0.1) is 5.92 Å². The van der Waals surface area contributed by atoms with Crippen molar-refractivity contribution in [3.8, 4) is 0 Å². The van der Waals surface area contributed by atoms with Crippen molar-refractivity contribution in [3.05, 3.63) is 0 Å². The number of rotatable bonds is 6. The molecule has 2 heterocycles. The molecule has 2 saturated heterocycles. The Kier molecular flexibility index (Phi) is 4.79. The number of hydrogen-bond donors (Lipinski definition) is 2. The zero-order valence-electron chi connectivity index (χ0n) is 11.1. The van der Waals surface area contributed by atoms with Crippen molar-refractivity contribution in [2.75, 3.05) is 32.7 Å². The van der Waals surface area contributed by atoms with Gasteiger partial charge in [0.2, 0.25) is 0 Å². The molecule has 0 aromatic carbocycles. The molecule has 3 unspecified atom stereocenters. The lowest BCUT2D eigenvalue weighted by Gasteiger charge is -2.33. The quantitative estimate of drug-likeness (QED) is 0.710. The molecule has 100 valence electrons. The number of morpholine rings is 1. The molecule has 0 saturated carbocycles. The Labute approximate surface area is 104 Å². The molecule has 0 aromatic heterocycles. The fraction of sp³-hybridized carbons (Fsp3) is 1.00. The summed E-state index contributed by atoms with van der Waals surface area (Å²) in [5, 5.41) is 13.3. The summed E-state index contributed by atoms with van der Waals surface area (Å²) in [6, 6.07) is 0. The van der Waals surface area contributed by atoms with Gasteiger partial charge in [-0.05, 0) is 25.3 Å². The molecule has 2 rings (SSSR count). The standard InChI is InChI=1S/C13H26N2O2/c1-10(2)5-14-6-11(16)7-15-8-12-3-4-13(9-15)17-12/h10-14,16H,3-9H2,1-2H3. The first-order chi connectivity index (χ1) is 8.13. The number of hydrogen-bond acceptors (Lipinski definition) is 4. The van der Waals surface area contributed by atoms with Gasteiger partial charge in [0.15, 0.2) is 0 Å². The van der Waals surface area contributed by atoms with E-state index in [1.54, 1.807) is 0 Å². The van der Waals surface area contributed by atoms with Crippen molar-refractivity contribution in [2.24, 2.45) is 5.92 Å². The lowest BCUT2D eigenvalue weighted by Crippen LogP contribution is -2.47. The molecule has 2 aliphatic rings. The average Bonchev–Trinajstić information content (AvgIpc) is 2.57. The third kappa shape index (κ3) is 4.21. The molecule has 0 spiro atoms. The van der Waals surface area contributed by atoms with E-state index < -0.39 is 0 Å². The van der Waals surface area contributed by atoms with Crippen LogP contribution in [-0.2, 0) is 4.74 Å². The second kappa shape index (κ2) is 6.14. The zero-order chi connectivity index (χ0) is 12.3. The number of nitrogens with one attached hydrogen (secondary N) is 1. The number of nitrogens with zero attached hydrogens (tertiary/aromatic N) is 1. The van der Waals surface area contributed by atoms with Crippen LogP contribution in [0.1, 0.15) is 26.7 Å². The van der Waals surface area contributed by atoms with Crippen LogP contribution < -0.4 is 5.32 Å². The summed E-state index contributed by atoms with van der Waals surface area (Å²) in [6.45, 7) is 8.81. The van der Waals surface area contributed by atoms with Crippen LogP contribution in [0.4, 0.5) is 0 Å². The van der Waals surface area contributed by atoms with Gasteiger partial charge in [-0.2, -0.15) is 0 Å². The van der Waals surface area contributed by atoms with E-state index in [1.807, 2.05) is 0 Å². The molecule has 2 aliphatic heterocycles. The van der Waals surface area contributed by atoms with E-state index in [4.69, 9.17) is 4.74 Å². The molecule has 0 radical (unpaired) electrons. The molecule has 3 atom stereocenters. The molecule has 0 amide bonds. The minimum Gasteiger partial charge on any atom is -0.390 e. The minimum atomic E-state index is -0.258. The average molecular weight is 242 g/mol. The maximum atomic E-state index is 9.96. The number of ether oxygens (including phenoxy) is 1. The molecule has 17 heavy (non-hydrogen) atoms. The molecule has 4 heteroatoms. The Balaban J connectivity index is 1.63. The summed E-state index contributed by atoms with van der Waals surface area (Å²) in [5.41, 5.74) is 0. The predicted molar refractivity (Wildman–Crippen MR) is 68.0 cm³/mol. The van der Waals surface area contributed by atoms with Crippen molar-refractivity contribution in [1.29, 1.82) is 0 Å². The van der Waals surface area contributed by atoms with Gasteiger partial charge in [-0.15, -0.1) is 0 Å². The van der Waals surface area contributed by atoms with E-state index in [0.29, 0.717) is 24.7 Å². The highest BCUT2D eigenvalue weighted by atomic mass is 16.5. The van der Waals surface area contributed by atoms with E-state index in [0.717, 1.165) is 26.2 Å². The molecule has 4 nitrogen and oxygen atoms in total. The fourth-order valence-corrected chi connectivity index (χ4v) is 2.75. The molecular formula is C13H26N2O2. The molecule has 2 fully saturated rings. The van der Waals surface area contributed by atoms with E-state index in [1.165, 1.54) is 12.8 Å². The van der Waals surface area contributed by atoms with Crippen molar-refractivity contribution >= 4 is 0 Å². The zero-order valence-corrected chi connectivity index (χ0v) is 11.1. The molecule has 2 N–H and O–H groups in total. The first-order valence-corrected chi connectivity index (χ1v) is 6.90. The highest BCUT2D eigenvalue weighted by Gasteiger charge is 2.33. The van der Waals surface area contributed by atoms with Crippen LogP contribution in [-0.4, -0.2) is 61.0 Å². The van der Waals surface area contributed by atoms with Crippen LogP contribution >= 0.6 is 0 Å². The maximum absolute atomic E-state index is 9.96. The van der Waals surface area contributed by atoms with E-state index >= 15 is 0 Å². The number of aliphatic hydroxyl groups excluding tert-OH is 1. The molecule has 2 bridgehead atoms. The van der Waals surface area contributed by atoms with Gasteiger partial charge in [-0.1, -0.05) is 13.8 Å². The Morgan fingerprint density at radius 3 is 2.47 bits per heavy atom. The summed E-state index contributed by atoms with van der Waals surface area (Å²) in [6.07, 6.45) is 2.98. The van der Waals surface area contributed by atoms with Crippen LogP contribution in [0.15, 0.2) is 0 Å². The summed E-state index contributed by atoms with van der Waals surface area (Å²) >= 11 is 0. The Hall–Kier alpha value is -0.160. The van der Waals surface area contributed by atoms with Gasteiger partial charge in [0.05, 0.1) is 18.3 Å². The Bertz CT molecular complexity index is 223. The Morgan fingerprint density at radius 2 is 1.88 bits per heavy atom. The largest absolute Gasteiger partial charge is 0.390 e. The van der Waals surface area contributed by atoms with Crippen molar-refractivity contribution in [3.63, 3.8) is 0 Å². The monoisotopic (exact) mass is 242 g/mol. The number of likely N-dealkylation sites (tertiary alicyclic amines) is 1. The number of fused-ring (bicyclic) bond motifs is 2. The second-order valence-electron chi connectivity index (χ2n) is 5.88. The third-order valence-electron chi connectivity index (χ3n) is 3.52. The second-order valence-corrected chi connectivity index (χ2v) is 5.88. The number of β-amino-alcohol motifs (C(OH)–C–C–N with tert-alkyl or cyclic N) is 1. The minimum absolute atomic E-state index is 0.258. The third-order valence-corrected chi connectivity index (χ3v) is 3.52. The van der Waals surface area contributed by atoms with E-state index in [9.17, 15) is 5.11 Å². The topological polar surface area (TPSA) is 44.7 Å². The fourth-order valence-electron chi connectivity index (χ4n) is 2.75. The maximum Gasteiger partial charge on any atom is 0.0791 e. The highest BCUT2D eigenvalue weighted by molar-refractivity contribution is 4.85. The normalized spacial score (nSPS) is 31.1.